The molecule has 3 fully saturated rings. The average Bonchev–Trinajstić information content (AvgIpc) is 3.38. The zero-order chi connectivity index (χ0) is 29.9. The van der Waals surface area contributed by atoms with E-state index in [-0.39, 0.29) is 23.7 Å². The Kier molecular flexibility index (Phi) is 9.18. The molecule has 2 aromatic carbocycles. The van der Waals surface area contributed by atoms with Crippen LogP contribution in [-0.2, 0) is 16.1 Å². The lowest BCUT2D eigenvalue weighted by molar-refractivity contribution is -0.120. The normalized spacial score (nSPS) is 23.3. The number of carbonyl (C=O) groups excluding carboxylic acids is 1. The number of hydrogen-bond donors (Lipinski definition) is 1. The van der Waals surface area contributed by atoms with Crippen molar-refractivity contribution in [2.45, 2.75) is 38.0 Å². The predicted molar refractivity (Wildman–Crippen MR) is 160 cm³/mol. The van der Waals surface area contributed by atoms with E-state index in [9.17, 15) is 18.0 Å². The Hall–Kier alpha value is -3.18. The molecule has 3 unspecified atom stereocenters. The van der Waals surface area contributed by atoms with Gasteiger partial charge in [0.1, 0.15) is 23.3 Å². The zero-order valence-electron chi connectivity index (χ0n) is 23.8. The van der Waals surface area contributed by atoms with Crippen molar-refractivity contribution in [1.29, 1.82) is 0 Å². The average molecular weight is 614 g/mol. The summed E-state index contributed by atoms with van der Waals surface area (Å²) >= 11 is 5.93. The fourth-order valence-electron chi connectivity index (χ4n) is 6.36. The van der Waals surface area contributed by atoms with Crippen molar-refractivity contribution in [3.8, 4) is 0 Å². The number of ether oxygens (including phenoxy) is 1. The third-order valence-corrected chi connectivity index (χ3v) is 8.93. The van der Waals surface area contributed by atoms with Crippen LogP contribution in [0.25, 0.3) is 0 Å². The Morgan fingerprint density at radius 3 is 2.49 bits per heavy atom. The van der Waals surface area contributed by atoms with E-state index in [0.29, 0.717) is 43.2 Å². The maximum absolute atomic E-state index is 14.2. The van der Waals surface area contributed by atoms with Crippen molar-refractivity contribution in [2.24, 2.45) is 5.92 Å². The van der Waals surface area contributed by atoms with Gasteiger partial charge in [0.15, 0.2) is 0 Å². The van der Waals surface area contributed by atoms with E-state index < -0.39 is 17.7 Å². The van der Waals surface area contributed by atoms with Gasteiger partial charge in [-0.05, 0) is 73.4 Å². The molecule has 7 nitrogen and oxygen atoms in total. The largest absolute Gasteiger partial charge is 0.372 e. The van der Waals surface area contributed by atoms with Crippen molar-refractivity contribution in [1.82, 2.24) is 15.2 Å². The molecule has 3 aromatic rings. The van der Waals surface area contributed by atoms with Crippen LogP contribution in [0.2, 0.25) is 5.02 Å². The summed E-state index contributed by atoms with van der Waals surface area (Å²) < 4.78 is 47.3. The summed E-state index contributed by atoms with van der Waals surface area (Å²) in [5.74, 6) is -0.460. The highest BCUT2D eigenvalue weighted by atomic mass is 35.5. The number of carbonyl (C=O) groups is 1. The maximum Gasteiger partial charge on any atom is 0.231 e. The molecule has 0 radical (unpaired) electrons. The van der Waals surface area contributed by atoms with E-state index in [2.05, 4.69) is 20.1 Å². The number of hydrogen-bond acceptors (Lipinski definition) is 6. The SMILES string of the molecule is O=C1C(CNCc2cc(F)cc(Cl)c2)CCN1c1ccc(N2CCN(C3CCC(c4cc(F)ccc4F)OC3)CC2)nc1. The Morgan fingerprint density at radius 1 is 0.930 bits per heavy atom. The first-order chi connectivity index (χ1) is 20.8. The molecule has 0 bridgehead atoms. The summed E-state index contributed by atoms with van der Waals surface area (Å²) in [6.07, 6.45) is 3.62. The fraction of sp³-hybridized carbons (Fsp3) is 0.438. The van der Waals surface area contributed by atoms with Crippen LogP contribution in [0.4, 0.5) is 24.7 Å². The summed E-state index contributed by atoms with van der Waals surface area (Å²) in [5.41, 5.74) is 1.83. The summed E-state index contributed by atoms with van der Waals surface area (Å²) in [6, 6.07) is 12.1. The first-order valence-corrected chi connectivity index (χ1v) is 15.2. The first-order valence-electron chi connectivity index (χ1n) is 14.8. The van der Waals surface area contributed by atoms with Gasteiger partial charge in [-0.2, -0.15) is 0 Å². The summed E-state index contributed by atoms with van der Waals surface area (Å²) in [5, 5.41) is 3.61. The van der Waals surface area contributed by atoms with E-state index in [4.69, 9.17) is 16.3 Å². The number of anilines is 2. The standard InChI is InChI=1S/C32H35ClF3N5O2/c33-23-13-21(14-25(35)15-23)17-37-18-22-7-8-41(32(22)42)26-3-6-31(38-19-26)40-11-9-39(10-12-40)27-2-5-30(43-20-27)28-16-24(34)1-4-29(28)36/h1,3-4,6,13-16,19,22,27,30,37H,2,5,7-12,17-18,20H2. The number of pyridine rings is 1. The number of piperazine rings is 1. The summed E-state index contributed by atoms with van der Waals surface area (Å²) in [4.78, 5) is 24.2. The minimum absolute atomic E-state index is 0.0602. The van der Waals surface area contributed by atoms with Gasteiger partial charge in [-0.25, -0.2) is 18.2 Å². The molecule has 3 aliphatic heterocycles. The van der Waals surface area contributed by atoms with Crippen LogP contribution in [0.1, 0.15) is 36.5 Å². The van der Waals surface area contributed by atoms with Crippen LogP contribution >= 0.6 is 11.6 Å². The molecular weight excluding hydrogens is 579 g/mol. The Morgan fingerprint density at radius 2 is 1.77 bits per heavy atom. The van der Waals surface area contributed by atoms with Crippen molar-refractivity contribution in [3.63, 3.8) is 0 Å². The van der Waals surface area contributed by atoms with Gasteiger partial charge in [-0.1, -0.05) is 11.6 Å². The van der Waals surface area contributed by atoms with Crippen molar-refractivity contribution < 1.29 is 22.7 Å². The fourth-order valence-corrected chi connectivity index (χ4v) is 6.61. The molecule has 3 atom stereocenters. The van der Waals surface area contributed by atoms with Gasteiger partial charge in [0.25, 0.3) is 0 Å². The second-order valence-electron chi connectivity index (χ2n) is 11.5. The number of amides is 1. The molecule has 43 heavy (non-hydrogen) atoms. The van der Waals surface area contributed by atoms with Gasteiger partial charge in [0, 0.05) is 62.4 Å². The van der Waals surface area contributed by atoms with Gasteiger partial charge in [0.05, 0.1) is 30.5 Å². The van der Waals surface area contributed by atoms with E-state index in [1.165, 1.54) is 18.2 Å². The van der Waals surface area contributed by atoms with Crippen molar-refractivity contribution in [2.75, 3.05) is 55.7 Å². The topological polar surface area (TPSA) is 60.9 Å². The monoisotopic (exact) mass is 613 g/mol. The molecule has 228 valence electrons. The molecule has 6 rings (SSSR count). The lowest BCUT2D eigenvalue weighted by Crippen LogP contribution is -2.52. The molecule has 11 heteroatoms. The van der Waals surface area contributed by atoms with Gasteiger partial charge in [-0.15, -0.1) is 0 Å². The molecule has 1 amide bonds. The molecule has 4 heterocycles. The van der Waals surface area contributed by atoms with E-state index in [1.54, 1.807) is 17.2 Å². The van der Waals surface area contributed by atoms with Crippen LogP contribution in [0.5, 0.6) is 0 Å². The molecule has 0 aliphatic carbocycles. The predicted octanol–water partition coefficient (Wildman–Crippen LogP) is 5.34. The molecular formula is C32H35ClF3N5O2. The number of nitrogens with zero attached hydrogens (tertiary/aromatic N) is 4. The van der Waals surface area contributed by atoms with E-state index in [0.717, 1.165) is 68.2 Å². The lowest BCUT2D eigenvalue weighted by Gasteiger charge is -2.42. The van der Waals surface area contributed by atoms with Crippen LogP contribution < -0.4 is 15.1 Å². The molecule has 3 aliphatic rings. The zero-order valence-corrected chi connectivity index (χ0v) is 24.6. The van der Waals surface area contributed by atoms with Crippen LogP contribution in [0.3, 0.4) is 0 Å². The quantitative estimate of drug-likeness (QED) is 0.370. The second-order valence-corrected chi connectivity index (χ2v) is 11.9. The van der Waals surface area contributed by atoms with Crippen molar-refractivity contribution >= 4 is 29.0 Å². The molecule has 0 saturated carbocycles. The Labute approximate surface area is 254 Å². The molecule has 3 saturated heterocycles. The highest BCUT2D eigenvalue weighted by Crippen LogP contribution is 2.32. The minimum Gasteiger partial charge on any atom is -0.372 e. The molecule has 0 spiro atoms. The number of nitrogens with one attached hydrogen (secondary N) is 1. The molecule has 1 N–H and O–H groups in total. The van der Waals surface area contributed by atoms with E-state index >= 15 is 0 Å². The number of benzene rings is 2. The van der Waals surface area contributed by atoms with Gasteiger partial charge >= 0.3 is 0 Å². The van der Waals surface area contributed by atoms with Crippen molar-refractivity contribution in [3.05, 3.63) is 88.3 Å². The smallest absolute Gasteiger partial charge is 0.231 e. The third-order valence-electron chi connectivity index (χ3n) is 8.71. The van der Waals surface area contributed by atoms with E-state index in [1.807, 2.05) is 12.1 Å². The van der Waals surface area contributed by atoms with Gasteiger partial charge in [-0.3, -0.25) is 9.69 Å². The maximum atomic E-state index is 14.2. The number of rotatable bonds is 8. The summed E-state index contributed by atoms with van der Waals surface area (Å²) in [7, 11) is 0. The Balaban J connectivity index is 0.955. The lowest BCUT2D eigenvalue weighted by atomic mass is 9.97. The summed E-state index contributed by atoms with van der Waals surface area (Å²) in [6.45, 7) is 5.42. The van der Waals surface area contributed by atoms with Crippen LogP contribution in [0.15, 0.2) is 54.7 Å². The molecule has 1 aromatic heterocycles. The van der Waals surface area contributed by atoms with Gasteiger partial charge in [0.2, 0.25) is 5.91 Å². The Bertz CT molecular complexity index is 1410. The number of halogens is 4. The van der Waals surface area contributed by atoms with Gasteiger partial charge < -0.3 is 19.9 Å². The third kappa shape index (κ3) is 6.98. The second kappa shape index (κ2) is 13.2. The van der Waals surface area contributed by atoms with Crippen LogP contribution in [0, 0.1) is 23.4 Å². The van der Waals surface area contributed by atoms with Crippen LogP contribution in [-0.4, -0.2) is 67.7 Å². The first kappa shape index (κ1) is 29.9. The minimum atomic E-state index is -0.450. The highest BCUT2D eigenvalue weighted by Gasteiger charge is 2.33. The highest BCUT2D eigenvalue weighted by molar-refractivity contribution is 6.30. The number of aromatic nitrogens is 1.